The summed E-state index contributed by atoms with van der Waals surface area (Å²) in [6, 6.07) is 8.02. The molecule has 1 fully saturated rings. The maximum absolute atomic E-state index is 12.1. The van der Waals surface area contributed by atoms with E-state index in [-0.39, 0.29) is 5.91 Å². The molecule has 1 aliphatic rings. The summed E-state index contributed by atoms with van der Waals surface area (Å²) in [5, 5.41) is 6.17. The fraction of sp³-hybridized carbons (Fsp3) is 0.400. The van der Waals surface area contributed by atoms with Gasteiger partial charge in [0.15, 0.2) is 0 Å². The van der Waals surface area contributed by atoms with E-state index in [1.54, 1.807) is 0 Å². The molecule has 2 rings (SSSR count). The molecule has 0 aromatic heterocycles. The normalized spacial score (nSPS) is 14.0. The molecular formula is C15H20N2O. The van der Waals surface area contributed by atoms with Crippen molar-refractivity contribution < 1.29 is 4.79 Å². The van der Waals surface area contributed by atoms with Crippen LogP contribution in [0.5, 0.6) is 0 Å². The molecule has 0 unspecified atom stereocenters. The second-order valence-electron chi connectivity index (χ2n) is 4.69. The number of carbonyl (C=O) groups excluding carboxylic acids is 1. The van der Waals surface area contributed by atoms with Gasteiger partial charge in [0.1, 0.15) is 0 Å². The van der Waals surface area contributed by atoms with E-state index in [1.807, 2.05) is 25.1 Å². The minimum Gasteiger partial charge on any atom is -0.322 e. The molecule has 2 N–H and O–H groups in total. The Balaban J connectivity index is 2.11. The topological polar surface area (TPSA) is 41.1 Å². The van der Waals surface area contributed by atoms with Crippen LogP contribution in [0, 0.1) is 0 Å². The van der Waals surface area contributed by atoms with Gasteiger partial charge < -0.3 is 10.6 Å². The molecule has 1 heterocycles. The van der Waals surface area contributed by atoms with E-state index in [9.17, 15) is 4.79 Å². The van der Waals surface area contributed by atoms with Gasteiger partial charge in [-0.15, -0.1) is 0 Å². The molecule has 1 aliphatic heterocycles. The molecule has 96 valence electrons. The lowest BCUT2D eigenvalue weighted by atomic mass is 10.0. The highest BCUT2D eigenvalue weighted by Gasteiger charge is 2.16. The fourth-order valence-corrected chi connectivity index (χ4v) is 2.02. The van der Waals surface area contributed by atoms with Crippen LogP contribution in [0.25, 0.3) is 0 Å². The van der Waals surface area contributed by atoms with Crippen LogP contribution < -0.4 is 10.6 Å². The Morgan fingerprint density at radius 3 is 2.67 bits per heavy atom. The summed E-state index contributed by atoms with van der Waals surface area (Å²) in [6.45, 7) is 5.73. The molecule has 0 aliphatic carbocycles. The second kappa shape index (κ2) is 5.83. The molecule has 18 heavy (non-hydrogen) atoms. The zero-order chi connectivity index (χ0) is 13.0. The number of rotatable bonds is 4. The first kappa shape index (κ1) is 12.8. The van der Waals surface area contributed by atoms with Crippen LogP contribution in [0.1, 0.15) is 25.8 Å². The van der Waals surface area contributed by atoms with Gasteiger partial charge in [-0.2, -0.15) is 0 Å². The third-order valence-corrected chi connectivity index (χ3v) is 3.33. The Morgan fingerprint density at radius 2 is 2.06 bits per heavy atom. The van der Waals surface area contributed by atoms with Gasteiger partial charge in [-0.1, -0.05) is 31.5 Å². The Kier molecular flexibility index (Phi) is 4.15. The number of benzene rings is 1. The number of aryl methyl sites for hydroxylation is 1. The molecule has 0 radical (unpaired) electrons. The number of carbonyl (C=O) groups is 1. The predicted octanol–water partition coefficient (Wildman–Crippen LogP) is 2.50. The average Bonchev–Trinajstić information content (AvgIpc) is 2.29. The largest absolute Gasteiger partial charge is 0.322 e. The Hall–Kier alpha value is -1.61. The minimum atomic E-state index is 0.0232. The van der Waals surface area contributed by atoms with Gasteiger partial charge in [-0.25, -0.2) is 0 Å². The van der Waals surface area contributed by atoms with E-state index in [2.05, 4.69) is 23.6 Å². The molecule has 3 heteroatoms. The van der Waals surface area contributed by atoms with Crippen LogP contribution in [-0.2, 0) is 11.2 Å². The van der Waals surface area contributed by atoms with Crippen LogP contribution in [0.4, 0.5) is 5.69 Å². The lowest BCUT2D eigenvalue weighted by Crippen LogP contribution is -2.36. The van der Waals surface area contributed by atoms with Gasteiger partial charge in [0, 0.05) is 24.4 Å². The minimum absolute atomic E-state index is 0.0232. The average molecular weight is 244 g/mol. The third-order valence-electron chi connectivity index (χ3n) is 3.33. The van der Waals surface area contributed by atoms with Crippen molar-refractivity contribution >= 4 is 11.6 Å². The molecule has 0 spiro atoms. The molecule has 1 aromatic carbocycles. The Labute approximate surface area is 108 Å². The second-order valence-corrected chi connectivity index (χ2v) is 4.69. The number of hydrogen-bond donors (Lipinski definition) is 2. The molecule has 0 bridgehead atoms. The molecular weight excluding hydrogens is 224 g/mol. The van der Waals surface area contributed by atoms with Gasteiger partial charge in [0.05, 0.1) is 0 Å². The Bertz CT molecular complexity index is 471. The van der Waals surface area contributed by atoms with Crippen molar-refractivity contribution in [2.24, 2.45) is 0 Å². The predicted molar refractivity (Wildman–Crippen MR) is 74.6 cm³/mol. The fourth-order valence-electron chi connectivity index (χ4n) is 2.02. The van der Waals surface area contributed by atoms with Crippen molar-refractivity contribution in [3.05, 3.63) is 41.0 Å². The molecule has 3 nitrogen and oxygen atoms in total. The maximum Gasteiger partial charge on any atom is 0.251 e. The summed E-state index contributed by atoms with van der Waals surface area (Å²) < 4.78 is 0. The van der Waals surface area contributed by atoms with E-state index < -0.39 is 0 Å². The molecule has 1 amide bonds. The lowest BCUT2D eigenvalue weighted by molar-refractivity contribution is -0.112. The zero-order valence-corrected chi connectivity index (χ0v) is 11.0. The quantitative estimate of drug-likeness (QED) is 0.799. The lowest BCUT2D eigenvalue weighted by Gasteiger charge is -2.21. The maximum atomic E-state index is 12.1. The van der Waals surface area contributed by atoms with Crippen molar-refractivity contribution in [2.75, 3.05) is 18.4 Å². The first-order chi connectivity index (χ1) is 8.72. The van der Waals surface area contributed by atoms with E-state index >= 15 is 0 Å². The summed E-state index contributed by atoms with van der Waals surface area (Å²) in [5.41, 5.74) is 4.20. The van der Waals surface area contributed by atoms with Crippen LogP contribution in [0.15, 0.2) is 35.4 Å². The molecule has 0 atom stereocenters. The molecule has 1 aromatic rings. The number of hydrogen-bond acceptors (Lipinski definition) is 2. The Morgan fingerprint density at radius 1 is 1.33 bits per heavy atom. The first-order valence-electron chi connectivity index (χ1n) is 6.51. The van der Waals surface area contributed by atoms with Gasteiger partial charge in [0.2, 0.25) is 0 Å². The van der Waals surface area contributed by atoms with Crippen molar-refractivity contribution in [2.45, 2.75) is 26.7 Å². The van der Waals surface area contributed by atoms with Gasteiger partial charge in [-0.05, 0) is 30.5 Å². The van der Waals surface area contributed by atoms with Gasteiger partial charge in [0.25, 0.3) is 5.91 Å². The highest BCUT2D eigenvalue weighted by Crippen LogP contribution is 2.18. The van der Waals surface area contributed by atoms with E-state index in [0.717, 1.165) is 37.2 Å². The van der Waals surface area contributed by atoms with E-state index in [1.165, 1.54) is 11.1 Å². The first-order valence-corrected chi connectivity index (χ1v) is 6.51. The number of anilines is 1. The van der Waals surface area contributed by atoms with Crippen LogP contribution in [0.2, 0.25) is 0 Å². The van der Waals surface area contributed by atoms with Crippen molar-refractivity contribution in [1.29, 1.82) is 0 Å². The highest BCUT2D eigenvalue weighted by molar-refractivity contribution is 6.04. The molecule has 0 saturated carbocycles. The van der Waals surface area contributed by atoms with Crippen molar-refractivity contribution in [3.8, 4) is 0 Å². The van der Waals surface area contributed by atoms with Crippen molar-refractivity contribution in [1.82, 2.24) is 5.32 Å². The van der Waals surface area contributed by atoms with Crippen LogP contribution in [-0.4, -0.2) is 19.0 Å². The zero-order valence-electron chi connectivity index (χ0n) is 11.0. The monoisotopic (exact) mass is 244 g/mol. The van der Waals surface area contributed by atoms with Crippen molar-refractivity contribution in [3.63, 3.8) is 0 Å². The van der Waals surface area contributed by atoms with E-state index in [0.29, 0.717) is 0 Å². The number of amides is 1. The summed E-state index contributed by atoms with van der Waals surface area (Å²) in [5.74, 6) is 0.0232. The third kappa shape index (κ3) is 2.79. The SMILES string of the molecule is CCCc1ccccc1NC(=O)C(C)=C1CNC1. The summed E-state index contributed by atoms with van der Waals surface area (Å²) in [7, 11) is 0. The highest BCUT2D eigenvalue weighted by atomic mass is 16.1. The van der Waals surface area contributed by atoms with Gasteiger partial charge in [-0.3, -0.25) is 4.79 Å². The standard InChI is InChI=1S/C15H20N2O/c1-3-6-12-7-4-5-8-14(12)17-15(18)11(2)13-9-16-10-13/h4-5,7-8,16H,3,6,9-10H2,1-2H3,(H,17,18). The summed E-state index contributed by atoms with van der Waals surface area (Å²) in [6.07, 6.45) is 2.07. The number of nitrogens with one attached hydrogen (secondary N) is 2. The number of para-hydroxylation sites is 1. The summed E-state index contributed by atoms with van der Waals surface area (Å²) in [4.78, 5) is 12.1. The summed E-state index contributed by atoms with van der Waals surface area (Å²) >= 11 is 0. The van der Waals surface area contributed by atoms with E-state index in [4.69, 9.17) is 0 Å². The van der Waals surface area contributed by atoms with Crippen LogP contribution >= 0.6 is 0 Å². The van der Waals surface area contributed by atoms with Crippen LogP contribution in [0.3, 0.4) is 0 Å². The van der Waals surface area contributed by atoms with Gasteiger partial charge >= 0.3 is 0 Å². The molecule has 1 saturated heterocycles. The smallest absolute Gasteiger partial charge is 0.251 e.